The second-order valence-corrected chi connectivity index (χ2v) is 7.54. The highest BCUT2D eigenvalue weighted by Crippen LogP contribution is 2.27. The van der Waals surface area contributed by atoms with E-state index in [1.54, 1.807) is 4.90 Å². The molecule has 2 atom stereocenters. The van der Waals surface area contributed by atoms with Gasteiger partial charge in [0.2, 0.25) is 5.91 Å². The van der Waals surface area contributed by atoms with Gasteiger partial charge in [0.25, 0.3) is 0 Å². The fraction of sp³-hybridized carbons (Fsp3) is 0.538. The average Bonchev–Trinajstić information content (AvgIpc) is 2.95. The van der Waals surface area contributed by atoms with Crippen LogP contribution in [0.3, 0.4) is 0 Å². The maximum Gasteiger partial charge on any atom is 0.308 e. The van der Waals surface area contributed by atoms with Crippen LogP contribution in [-0.4, -0.2) is 40.2 Å². The number of halogens is 1. The number of carbonyl (C=O) groups is 2. The molecule has 1 aliphatic rings. The van der Waals surface area contributed by atoms with Crippen molar-refractivity contribution in [1.29, 1.82) is 0 Å². The first kappa shape index (κ1) is 15.7. The van der Waals surface area contributed by atoms with Crippen molar-refractivity contribution in [3.8, 4) is 0 Å². The Morgan fingerprint density at radius 1 is 1.55 bits per heavy atom. The van der Waals surface area contributed by atoms with Crippen molar-refractivity contribution in [2.24, 2.45) is 5.92 Å². The Morgan fingerprint density at radius 3 is 2.85 bits per heavy atom. The van der Waals surface area contributed by atoms with Gasteiger partial charge < -0.3 is 10.0 Å². The third kappa shape index (κ3) is 3.68. The number of amides is 1. The lowest BCUT2D eigenvalue weighted by molar-refractivity contribution is -0.142. The van der Waals surface area contributed by atoms with E-state index in [4.69, 9.17) is 16.7 Å². The molecule has 4 nitrogen and oxygen atoms in total. The summed E-state index contributed by atoms with van der Waals surface area (Å²) in [6.07, 6.45) is 0.549. The molecule has 7 heteroatoms. The van der Waals surface area contributed by atoms with Crippen molar-refractivity contribution in [1.82, 2.24) is 4.90 Å². The highest BCUT2D eigenvalue weighted by atomic mass is 35.5. The van der Waals surface area contributed by atoms with Gasteiger partial charge in [0.1, 0.15) is 0 Å². The molecule has 1 aromatic heterocycles. The van der Waals surface area contributed by atoms with Crippen LogP contribution in [0, 0.1) is 5.92 Å². The van der Waals surface area contributed by atoms with Crippen molar-refractivity contribution in [2.75, 3.05) is 12.3 Å². The number of likely N-dealkylation sites (tertiary alicyclic amines) is 1. The third-order valence-corrected chi connectivity index (χ3v) is 5.87. The summed E-state index contributed by atoms with van der Waals surface area (Å²) in [5.74, 6) is -0.0810. The lowest BCUT2D eigenvalue weighted by Crippen LogP contribution is -2.38. The van der Waals surface area contributed by atoms with E-state index in [-0.39, 0.29) is 11.9 Å². The maximum atomic E-state index is 12.1. The summed E-state index contributed by atoms with van der Waals surface area (Å²) in [5, 5.41) is 9.06. The molecule has 2 heterocycles. The lowest BCUT2D eigenvalue weighted by atomic mass is 10.0. The SMILES string of the molecule is CC1C(C(=O)O)CCN1C(=O)CSCc1ccc(Cl)s1. The highest BCUT2D eigenvalue weighted by molar-refractivity contribution is 7.99. The topological polar surface area (TPSA) is 57.6 Å². The van der Waals surface area contributed by atoms with Crippen LogP contribution in [0.4, 0.5) is 0 Å². The van der Waals surface area contributed by atoms with Crippen LogP contribution < -0.4 is 0 Å². The van der Waals surface area contributed by atoms with Crippen molar-refractivity contribution in [3.05, 3.63) is 21.3 Å². The van der Waals surface area contributed by atoms with E-state index < -0.39 is 11.9 Å². The van der Waals surface area contributed by atoms with Crippen molar-refractivity contribution in [3.63, 3.8) is 0 Å². The Bertz CT molecular complexity index is 506. The smallest absolute Gasteiger partial charge is 0.308 e. The van der Waals surface area contributed by atoms with Gasteiger partial charge in [0, 0.05) is 23.2 Å². The van der Waals surface area contributed by atoms with Crippen molar-refractivity contribution < 1.29 is 14.7 Å². The number of aliphatic carboxylic acids is 1. The number of thioether (sulfide) groups is 1. The second kappa shape index (κ2) is 6.83. The number of nitrogens with zero attached hydrogens (tertiary/aromatic N) is 1. The van der Waals surface area contributed by atoms with Gasteiger partial charge >= 0.3 is 5.97 Å². The zero-order valence-corrected chi connectivity index (χ0v) is 13.4. The molecule has 1 aromatic rings. The van der Waals surface area contributed by atoms with Crippen LogP contribution in [0.5, 0.6) is 0 Å². The van der Waals surface area contributed by atoms with Crippen LogP contribution in [0.25, 0.3) is 0 Å². The van der Waals surface area contributed by atoms with Crippen LogP contribution in [0.1, 0.15) is 18.2 Å². The van der Waals surface area contributed by atoms with E-state index in [1.807, 2.05) is 19.1 Å². The highest BCUT2D eigenvalue weighted by Gasteiger charge is 2.37. The fourth-order valence-electron chi connectivity index (χ4n) is 2.37. The van der Waals surface area contributed by atoms with Gasteiger partial charge in [0.05, 0.1) is 16.0 Å². The van der Waals surface area contributed by atoms with Crippen LogP contribution in [0.2, 0.25) is 4.34 Å². The third-order valence-electron chi connectivity index (χ3n) is 3.49. The molecule has 2 unspecified atom stereocenters. The predicted molar refractivity (Wildman–Crippen MR) is 82.4 cm³/mol. The summed E-state index contributed by atoms with van der Waals surface area (Å²) in [7, 11) is 0. The van der Waals surface area contributed by atoms with Crippen LogP contribution in [-0.2, 0) is 15.3 Å². The van der Waals surface area contributed by atoms with Gasteiger partial charge in [-0.1, -0.05) is 11.6 Å². The predicted octanol–water partition coefficient (Wildman–Crippen LogP) is 2.96. The van der Waals surface area contributed by atoms with E-state index in [0.29, 0.717) is 18.7 Å². The van der Waals surface area contributed by atoms with Gasteiger partial charge in [-0.05, 0) is 25.5 Å². The molecule has 1 amide bonds. The minimum Gasteiger partial charge on any atom is -0.481 e. The molecule has 1 N–H and O–H groups in total. The first-order valence-electron chi connectivity index (χ1n) is 6.33. The quantitative estimate of drug-likeness (QED) is 0.900. The number of rotatable bonds is 5. The van der Waals surface area contributed by atoms with Crippen LogP contribution >= 0.6 is 34.7 Å². The van der Waals surface area contributed by atoms with E-state index in [9.17, 15) is 9.59 Å². The fourth-order valence-corrected chi connectivity index (χ4v) is 4.48. The number of carboxylic acid groups (broad SMARTS) is 1. The Balaban J connectivity index is 1.79. The van der Waals surface area contributed by atoms with Gasteiger partial charge in [0.15, 0.2) is 0 Å². The summed E-state index contributed by atoms with van der Waals surface area (Å²) in [6, 6.07) is 3.60. The van der Waals surface area contributed by atoms with E-state index in [0.717, 1.165) is 15.0 Å². The summed E-state index contributed by atoms with van der Waals surface area (Å²) in [6.45, 7) is 2.36. The average molecular weight is 334 g/mol. The first-order chi connectivity index (χ1) is 9.49. The van der Waals surface area contributed by atoms with Gasteiger partial charge in [-0.15, -0.1) is 23.1 Å². The Hall–Kier alpha value is -0.720. The Kier molecular flexibility index (Phi) is 5.35. The van der Waals surface area contributed by atoms with Crippen LogP contribution in [0.15, 0.2) is 12.1 Å². The van der Waals surface area contributed by atoms with E-state index >= 15 is 0 Å². The summed E-state index contributed by atoms with van der Waals surface area (Å²) in [4.78, 5) is 26.0. The first-order valence-corrected chi connectivity index (χ1v) is 8.68. The monoisotopic (exact) mass is 333 g/mol. The number of hydrogen-bond donors (Lipinski definition) is 1. The number of carboxylic acids is 1. The zero-order chi connectivity index (χ0) is 14.7. The molecule has 1 fully saturated rings. The minimum atomic E-state index is -0.811. The van der Waals surface area contributed by atoms with Gasteiger partial charge in [-0.3, -0.25) is 9.59 Å². The number of hydrogen-bond acceptors (Lipinski definition) is 4. The maximum absolute atomic E-state index is 12.1. The molecule has 0 saturated carbocycles. The normalized spacial score (nSPS) is 22.2. The molecular weight excluding hydrogens is 318 g/mol. The molecule has 0 radical (unpaired) electrons. The molecule has 0 aromatic carbocycles. The van der Waals surface area contributed by atoms with Gasteiger partial charge in [-0.2, -0.15) is 0 Å². The largest absolute Gasteiger partial charge is 0.481 e. The Labute approximate surface area is 131 Å². The molecule has 2 rings (SSSR count). The lowest BCUT2D eigenvalue weighted by Gasteiger charge is -2.23. The summed E-state index contributed by atoms with van der Waals surface area (Å²) >= 11 is 8.91. The molecule has 0 spiro atoms. The molecule has 0 bridgehead atoms. The van der Waals surface area contributed by atoms with Crippen molar-refractivity contribution >= 4 is 46.6 Å². The minimum absolute atomic E-state index is 0.0221. The van der Waals surface area contributed by atoms with Crippen molar-refractivity contribution in [2.45, 2.75) is 25.1 Å². The second-order valence-electron chi connectivity index (χ2n) is 4.76. The zero-order valence-electron chi connectivity index (χ0n) is 11.0. The molecule has 1 aliphatic heterocycles. The number of carbonyl (C=O) groups excluding carboxylic acids is 1. The number of thiophene rings is 1. The Morgan fingerprint density at radius 2 is 2.30 bits per heavy atom. The molecule has 0 aliphatic carbocycles. The van der Waals surface area contributed by atoms with E-state index in [2.05, 4.69) is 0 Å². The molecular formula is C13H16ClNO3S2. The van der Waals surface area contributed by atoms with E-state index in [1.165, 1.54) is 23.1 Å². The molecule has 110 valence electrons. The standard InChI is InChI=1S/C13H16ClNO3S2/c1-8-10(13(17)18)4-5-15(8)12(16)7-19-6-9-2-3-11(14)20-9/h2-3,8,10H,4-7H2,1H3,(H,17,18). The molecule has 20 heavy (non-hydrogen) atoms. The summed E-state index contributed by atoms with van der Waals surface area (Å²) in [5.41, 5.74) is 0. The summed E-state index contributed by atoms with van der Waals surface area (Å²) < 4.78 is 0.754. The molecule has 1 saturated heterocycles. The van der Waals surface area contributed by atoms with Gasteiger partial charge in [-0.25, -0.2) is 0 Å².